The zero-order chi connectivity index (χ0) is 19.0. The van der Waals surface area contributed by atoms with Crippen molar-refractivity contribution < 1.29 is 4.79 Å². The standard InChI is InChI=1S/C21H25N5O/c1-4-18-17(13-14(2)23-24-18)21(27)25-11-9-16(10-12-25)26-15(3)22-19-7-5-6-8-20(19)26/h5-8,13,16H,4,9-12H2,1-3H3. The minimum Gasteiger partial charge on any atom is -0.338 e. The Labute approximate surface area is 159 Å². The Bertz CT molecular complexity index is 985. The van der Waals surface area contributed by atoms with Gasteiger partial charge in [-0.05, 0) is 51.3 Å². The van der Waals surface area contributed by atoms with E-state index in [-0.39, 0.29) is 5.91 Å². The van der Waals surface area contributed by atoms with Crippen molar-refractivity contribution in [3.8, 4) is 0 Å². The van der Waals surface area contributed by atoms with Crippen LogP contribution in [0.5, 0.6) is 0 Å². The number of para-hydroxylation sites is 2. The Morgan fingerprint density at radius 1 is 1.15 bits per heavy atom. The fraction of sp³-hybridized carbons (Fsp3) is 0.429. The number of hydrogen-bond donors (Lipinski definition) is 0. The first kappa shape index (κ1) is 17.6. The van der Waals surface area contributed by atoms with E-state index in [4.69, 9.17) is 0 Å². The van der Waals surface area contributed by atoms with E-state index in [0.717, 1.165) is 48.7 Å². The molecule has 3 aromatic rings. The van der Waals surface area contributed by atoms with Crippen molar-refractivity contribution >= 4 is 16.9 Å². The molecule has 0 radical (unpaired) electrons. The Morgan fingerprint density at radius 2 is 1.89 bits per heavy atom. The summed E-state index contributed by atoms with van der Waals surface area (Å²) in [7, 11) is 0. The summed E-state index contributed by atoms with van der Waals surface area (Å²) in [5.41, 5.74) is 4.49. The van der Waals surface area contributed by atoms with Gasteiger partial charge in [0.2, 0.25) is 0 Å². The van der Waals surface area contributed by atoms with Crippen LogP contribution in [0.1, 0.15) is 53.4 Å². The molecule has 0 aliphatic carbocycles. The van der Waals surface area contributed by atoms with Gasteiger partial charge in [-0.15, -0.1) is 0 Å². The van der Waals surface area contributed by atoms with Gasteiger partial charge in [0.1, 0.15) is 5.82 Å². The smallest absolute Gasteiger partial charge is 0.255 e. The van der Waals surface area contributed by atoms with Crippen LogP contribution in [0.4, 0.5) is 0 Å². The molecule has 0 saturated carbocycles. The molecule has 0 spiro atoms. The molecule has 0 atom stereocenters. The molecule has 1 saturated heterocycles. The number of amides is 1. The lowest BCUT2D eigenvalue weighted by Gasteiger charge is -2.33. The van der Waals surface area contributed by atoms with Gasteiger partial charge in [-0.25, -0.2) is 4.98 Å². The second-order valence-electron chi connectivity index (χ2n) is 7.24. The van der Waals surface area contributed by atoms with Crippen LogP contribution in [-0.4, -0.2) is 43.6 Å². The SMILES string of the molecule is CCc1nnc(C)cc1C(=O)N1CCC(n2c(C)nc3ccccc32)CC1. The highest BCUT2D eigenvalue weighted by Crippen LogP contribution is 2.29. The number of carbonyl (C=O) groups excluding carboxylic acids is 1. The summed E-state index contributed by atoms with van der Waals surface area (Å²) in [6.45, 7) is 7.45. The average Bonchev–Trinajstić information content (AvgIpc) is 3.03. The molecule has 1 fully saturated rings. The van der Waals surface area contributed by atoms with Crippen LogP contribution in [0, 0.1) is 13.8 Å². The molecule has 6 heteroatoms. The molecule has 140 valence electrons. The van der Waals surface area contributed by atoms with Crippen molar-refractivity contribution in [2.75, 3.05) is 13.1 Å². The van der Waals surface area contributed by atoms with E-state index in [1.165, 1.54) is 5.52 Å². The lowest BCUT2D eigenvalue weighted by Crippen LogP contribution is -2.39. The summed E-state index contributed by atoms with van der Waals surface area (Å²) in [5, 5.41) is 8.30. The number of fused-ring (bicyclic) bond motifs is 1. The van der Waals surface area contributed by atoms with Gasteiger partial charge in [-0.1, -0.05) is 19.1 Å². The zero-order valence-electron chi connectivity index (χ0n) is 16.1. The van der Waals surface area contributed by atoms with Crippen molar-refractivity contribution in [2.24, 2.45) is 0 Å². The van der Waals surface area contributed by atoms with E-state index in [0.29, 0.717) is 18.0 Å². The van der Waals surface area contributed by atoms with Crippen molar-refractivity contribution in [3.05, 3.63) is 53.1 Å². The summed E-state index contributed by atoms with van der Waals surface area (Å²) >= 11 is 0. The van der Waals surface area contributed by atoms with Gasteiger partial charge in [0.05, 0.1) is 28.0 Å². The van der Waals surface area contributed by atoms with Crippen molar-refractivity contribution in [1.29, 1.82) is 0 Å². The van der Waals surface area contributed by atoms with Crippen LogP contribution in [0.2, 0.25) is 0 Å². The molecule has 6 nitrogen and oxygen atoms in total. The first-order valence-corrected chi connectivity index (χ1v) is 9.64. The first-order chi connectivity index (χ1) is 13.1. The minimum atomic E-state index is 0.0792. The van der Waals surface area contributed by atoms with Crippen LogP contribution in [0.15, 0.2) is 30.3 Å². The van der Waals surface area contributed by atoms with Crippen LogP contribution in [0.25, 0.3) is 11.0 Å². The minimum absolute atomic E-state index is 0.0792. The summed E-state index contributed by atoms with van der Waals surface area (Å²) in [6, 6.07) is 10.5. The molecule has 1 aliphatic rings. The number of piperidine rings is 1. The molecule has 27 heavy (non-hydrogen) atoms. The van der Waals surface area contributed by atoms with Crippen LogP contribution in [-0.2, 0) is 6.42 Å². The van der Waals surface area contributed by atoms with Gasteiger partial charge in [0.25, 0.3) is 5.91 Å². The lowest BCUT2D eigenvalue weighted by atomic mass is 10.0. The topological polar surface area (TPSA) is 63.9 Å². The maximum Gasteiger partial charge on any atom is 0.255 e. The molecule has 1 amide bonds. The number of hydrogen-bond acceptors (Lipinski definition) is 4. The maximum absolute atomic E-state index is 13.0. The number of imidazole rings is 1. The highest BCUT2D eigenvalue weighted by molar-refractivity contribution is 5.95. The second-order valence-corrected chi connectivity index (χ2v) is 7.24. The summed E-state index contributed by atoms with van der Waals surface area (Å²) in [5.74, 6) is 1.12. The number of rotatable bonds is 3. The van der Waals surface area contributed by atoms with E-state index in [1.807, 2.05) is 30.9 Å². The molecular weight excluding hydrogens is 338 g/mol. The van der Waals surface area contributed by atoms with Gasteiger partial charge in [-0.3, -0.25) is 4.79 Å². The lowest BCUT2D eigenvalue weighted by molar-refractivity contribution is 0.0693. The Kier molecular flexibility index (Phi) is 4.64. The Hall–Kier alpha value is -2.76. The van der Waals surface area contributed by atoms with Crippen LogP contribution >= 0.6 is 0 Å². The predicted octanol–water partition coefficient (Wildman–Crippen LogP) is 3.48. The average molecular weight is 363 g/mol. The monoisotopic (exact) mass is 363 g/mol. The van der Waals surface area contributed by atoms with Crippen molar-refractivity contribution in [2.45, 2.75) is 46.1 Å². The van der Waals surface area contributed by atoms with Gasteiger partial charge in [0, 0.05) is 19.1 Å². The number of nitrogens with zero attached hydrogens (tertiary/aromatic N) is 5. The third-order valence-corrected chi connectivity index (χ3v) is 5.45. The number of benzene rings is 1. The Morgan fingerprint density at radius 3 is 2.63 bits per heavy atom. The number of likely N-dealkylation sites (tertiary alicyclic amines) is 1. The number of aromatic nitrogens is 4. The predicted molar refractivity (Wildman–Crippen MR) is 105 cm³/mol. The summed E-state index contributed by atoms with van der Waals surface area (Å²) in [4.78, 5) is 19.7. The molecule has 3 heterocycles. The van der Waals surface area contributed by atoms with Gasteiger partial charge in [0.15, 0.2) is 0 Å². The van der Waals surface area contributed by atoms with Crippen molar-refractivity contribution in [1.82, 2.24) is 24.6 Å². The Balaban J connectivity index is 1.53. The normalized spacial score (nSPS) is 15.4. The van der Waals surface area contributed by atoms with E-state index in [2.05, 4.69) is 44.9 Å². The first-order valence-electron chi connectivity index (χ1n) is 9.64. The number of aryl methyl sites for hydroxylation is 3. The fourth-order valence-corrected chi connectivity index (χ4v) is 4.08. The quantitative estimate of drug-likeness (QED) is 0.715. The molecule has 1 aromatic carbocycles. The zero-order valence-corrected chi connectivity index (χ0v) is 16.1. The van der Waals surface area contributed by atoms with Gasteiger partial charge < -0.3 is 9.47 Å². The van der Waals surface area contributed by atoms with Gasteiger partial charge in [-0.2, -0.15) is 10.2 Å². The molecule has 0 bridgehead atoms. The fourth-order valence-electron chi connectivity index (χ4n) is 4.08. The molecule has 1 aliphatic heterocycles. The number of carbonyl (C=O) groups is 1. The highest BCUT2D eigenvalue weighted by Gasteiger charge is 2.27. The highest BCUT2D eigenvalue weighted by atomic mass is 16.2. The van der Waals surface area contributed by atoms with Gasteiger partial charge >= 0.3 is 0 Å². The largest absolute Gasteiger partial charge is 0.338 e. The molecule has 2 aromatic heterocycles. The summed E-state index contributed by atoms with van der Waals surface area (Å²) < 4.78 is 2.34. The second kappa shape index (κ2) is 7.10. The van der Waals surface area contributed by atoms with E-state index < -0.39 is 0 Å². The third-order valence-electron chi connectivity index (χ3n) is 5.45. The van der Waals surface area contributed by atoms with Crippen LogP contribution in [0.3, 0.4) is 0 Å². The maximum atomic E-state index is 13.0. The molecule has 4 rings (SSSR count). The summed E-state index contributed by atoms with van der Waals surface area (Å²) in [6.07, 6.45) is 2.59. The molecular formula is C21H25N5O. The van der Waals surface area contributed by atoms with E-state index in [9.17, 15) is 4.79 Å². The van der Waals surface area contributed by atoms with E-state index in [1.54, 1.807) is 0 Å². The molecule has 0 unspecified atom stereocenters. The van der Waals surface area contributed by atoms with Crippen LogP contribution < -0.4 is 0 Å². The third kappa shape index (κ3) is 3.20. The van der Waals surface area contributed by atoms with E-state index >= 15 is 0 Å². The van der Waals surface area contributed by atoms with Crippen molar-refractivity contribution in [3.63, 3.8) is 0 Å². The molecule has 0 N–H and O–H groups in total.